The molecule has 1 atom stereocenters. The number of hydrogen-bond acceptors (Lipinski definition) is 1. The largest absolute Gasteiger partial charge is 0.303 e. The molecule has 0 aromatic heterocycles. The standard InChI is InChI=1S/C12H24BrN/c1-10(2)11(8-13)9-14(3)12-6-4-5-7-12/h10-12H,4-9H2,1-3H3. The second-order valence-electron chi connectivity index (χ2n) is 5.04. The zero-order valence-electron chi connectivity index (χ0n) is 9.80. The average molecular weight is 262 g/mol. The first-order valence-electron chi connectivity index (χ1n) is 5.91. The van der Waals surface area contributed by atoms with Crippen LogP contribution in [-0.2, 0) is 0 Å². The van der Waals surface area contributed by atoms with E-state index >= 15 is 0 Å². The topological polar surface area (TPSA) is 3.24 Å². The molecule has 84 valence electrons. The van der Waals surface area contributed by atoms with Crippen molar-refractivity contribution in [3.05, 3.63) is 0 Å². The highest BCUT2D eigenvalue weighted by atomic mass is 79.9. The molecule has 1 unspecified atom stereocenters. The fraction of sp³-hybridized carbons (Fsp3) is 1.00. The molecular formula is C12H24BrN. The molecule has 1 rings (SSSR count). The molecule has 0 spiro atoms. The van der Waals surface area contributed by atoms with Gasteiger partial charge in [0.25, 0.3) is 0 Å². The molecule has 0 aliphatic heterocycles. The minimum Gasteiger partial charge on any atom is -0.303 e. The molecule has 0 heterocycles. The fourth-order valence-electron chi connectivity index (χ4n) is 2.30. The lowest BCUT2D eigenvalue weighted by Gasteiger charge is -2.29. The van der Waals surface area contributed by atoms with Gasteiger partial charge in [0.2, 0.25) is 0 Å². The Morgan fingerprint density at radius 3 is 2.29 bits per heavy atom. The van der Waals surface area contributed by atoms with Gasteiger partial charge in [-0.2, -0.15) is 0 Å². The Hall–Kier alpha value is 0.440. The fourth-order valence-corrected chi connectivity index (χ4v) is 3.25. The Bertz CT molecular complexity index is 152. The third kappa shape index (κ3) is 3.54. The molecule has 1 fully saturated rings. The van der Waals surface area contributed by atoms with Crippen LogP contribution in [-0.4, -0.2) is 29.9 Å². The van der Waals surface area contributed by atoms with E-state index in [0.717, 1.165) is 23.2 Å². The molecule has 1 aliphatic rings. The molecular weight excluding hydrogens is 238 g/mol. The van der Waals surface area contributed by atoms with Gasteiger partial charge in [0.05, 0.1) is 0 Å². The second-order valence-corrected chi connectivity index (χ2v) is 5.68. The zero-order valence-corrected chi connectivity index (χ0v) is 11.4. The van der Waals surface area contributed by atoms with E-state index in [1.165, 1.54) is 32.2 Å². The summed E-state index contributed by atoms with van der Waals surface area (Å²) < 4.78 is 0. The van der Waals surface area contributed by atoms with Crippen molar-refractivity contribution < 1.29 is 0 Å². The highest BCUT2D eigenvalue weighted by Gasteiger charge is 2.22. The molecule has 0 radical (unpaired) electrons. The van der Waals surface area contributed by atoms with Gasteiger partial charge < -0.3 is 4.90 Å². The second kappa shape index (κ2) is 6.12. The zero-order chi connectivity index (χ0) is 10.6. The third-order valence-electron chi connectivity index (χ3n) is 3.61. The molecule has 14 heavy (non-hydrogen) atoms. The smallest absolute Gasteiger partial charge is 0.00923 e. The summed E-state index contributed by atoms with van der Waals surface area (Å²) in [6.45, 7) is 5.91. The van der Waals surface area contributed by atoms with Crippen LogP contribution >= 0.6 is 15.9 Å². The minimum atomic E-state index is 0.790. The van der Waals surface area contributed by atoms with Crippen LogP contribution in [0.5, 0.6) is 0 Å². The van der Waals surface area contributed by atoms with E-state index in [1.807, 2.05) is 0 Å². The van der Waals surface area contributed by atoms with Crippen LogP contribution in [0.25, 0.3) is 0 Å². The van der Waals surface area contributed by atoms with Crippen molar-refractivity contribution in [2.45, 2.75) is 45.6 Å². The van der Waals surface area contributed by atoms with Crippen molar-refractivity contribution >= 4 is 15.9 Å². The van der Waals surface area contributed by atoms with Gasteiger partial charge in [-0.15, -0.1) is 0 Å². The Kier molecular flexibility index (Phi) is 5.47. The van der Waals surface area contributed by atoms with E-state index < -0.39 is 0 Å². The highest BCUT2D eigenvalue weighted by molar-refractivity contribution is 9.09. The van der Waals surface area contributed by atoms with E-state index in [4.69, 9.17) is 0 Å². The van der Waals surface area contributed by atoms with Crippen molar-refractivity contribution in [1.29, 1.82) is 0 Å². The first kappa shape index (κ1) is 12.5. The predicted octanol–water partition coefficient (Wildman–Crippen LogP) is 3.53. The van der Waals surface area contributed by atoms with Gasteiger partial charge in [0.1, 0.15) is 0 Å². The normalized spacial score (nSPS) is 21.0. The lowest BCUT2D eigenvalue weighted by atomic mass is 9.97. The van der Waals surface area contributed by atoms with Crippen molar-refractivity contribution in [2.75, 3.05) is 18.9 Å². The quantitative estimate of drug-likeness (QED) is 0.685. The van der Waals surface area contributed by atoms with E-state index in [2.05, 4.69) is 41.7 Å². The average Bonchev–Trinajstić information content (AvgIpc) is 2.65. The molecule has 0 saturated heterocycles. The van der Waals surface area contributed by atoms with Crippen LogP contribution in [0.2, 0.25) is 0 Å². The predicted molar refractivity (Wildman–Crippen MR) is 67.0 cm³/mol. The van der Waals surface area contributed by atoms with E-state index in [-0.39, 0.29) is 0 Å². The first-order chi connectivity index (χ1) is 6.65. The summed E-state index contributed by atoms with van der Waals surface area (Å²) in [5.41, 5.74) is 0. The van der Waals surface area contributed by atoms with E-state index in [1.54, 1.807) is 0 Å². The molecule has 1 aliphatic carbocycles. The molecule has 0 aromatic carbocycles. The van der Waals surface area contributed by atoms with Crippen LogP contribution in [0.1, 0.15) is 39.5 Å². The number of rotatable bonds is 5. The number of nitrogens with zero attached hydrogens (tertiary/aromatic N) is 1. The number of alkyl halides is 1. The summed E-state index contributed by atoms with van der Waals surface area (Å²) in [7, 11) is 2.30. The monoisotopic (exact) mass is 261 g/mol. The molecule has 1 nitrogen and oxygen atoms in total. The van der Waals surface area contributed by atoms with Crippen LogP contribution in [0.4, 0.5) is 0 Å². The molecule has 0 bridgehead atoms. The molecule has 0 aromatic rings. The summed E-state index contributed by atoms with van der Waals surface area (Å²) in [5, 5.41) is 1.14. The van der Waals surface area contributed by atoms with Crippen LogP contribution < -0.4 is 0 Å². The lowest BCUT2D eigenvalue weighted by molar-refractivity contribution is 0.195. The van der Waals surface area contributed by atoms with Crippen molar-refractivity contribution in [1.82, 2.24) is 4.90 Å². The summed E-state index contributed by atoms with van der Waals surface area (Å²) in [6, 6.07) is 0.871. The van der Waals surface area contributed by atoms with E-state index in [9.17, 15) is 0 Å². The summed E-state index contributed by atoms with van der Waals surface area (Å²) >= 11 is 3.63. The maximum absolute atomic E-state index is 3.63. The Morgan fingerprint density at radius 1 is 1.29 bits per heavy atom. The van der Waals surface area contributed by atoms with Crippen molar-refractivity contribution in [3.8, 4) is 0 Å². The van der Waals surface area contributed by atoms with Gasteiger partial charge >= 0.3 is 0 Å². The molecule has 1 saturated carbocycles. The molecule has 2 heteroatoms. The van der Waals surface area contributed by atoms with Crippen LogP contribution in [0.3, 0.4) is 0 Å². The SMILES string of the molecule is CC(C)C(CBr)CN(C)C1CCCC1. The number of hydrogen-bond donors (Lipinski definition) is 0. The van der Waals surface area contributed by atoms with Gasteiger partial charge in [-0.05, 0) is 31.7 Å². The van der Waals surface area contributed by atoms with Gasteiger partial charge in [0, 0.05) is 17.9 Å². The molecule has 0 N–H and O–H groups in total. The van der Waals surface area contributed by atoms with Gasteiger partial charge in [-0.25, -0.2) is 0 Å². The highest BCUT2D eigenvalue weighted by Crippen LogP contribution is 2.24. The van der Waals surface area contributed by atoms with Gasteiger partial charge in [0.15, 0.2) is 0 Å². The summed E-state index contributed by atoms with van der Waals surface area (Å²) in [4.78, 5) is 2.58. The summed E-state index contributed by atoms with van der Waals surface area (Å²) in [6.07, 6.45) is 5.72. The van der Waals surface area contributed by atoms with Crippen molar-refractivity contribution in [3.63, 3.8) is 0 Å². The molecule has 0 amide bonds. The van der Waals surface area contributed by atoms with Gasteiger partial charge in [-0.3, -0.25) is 0 Å². The first-order valence-corrected chi connectivity index (χ1v) is 7.03. The Morgan fingerprint density at radius 2 is 1.86 bits per heavy atom. The lowest BCUT2D eigenvalue weighted by Crippen LogP contribution is -2.35. The maximum Gasteiger partial charge on any atom is 0.00923 e. The minimum absolute atomic E-state index is 0.790. The summed E-state index contributed by atoms with van der Waals surface area (Å²) in [5.74, 6) is 1.60. The van der Waals surface area contributed by atoms with Crippen LogP contribution in [0, 0.1) is 11.8 Å². The van der Waals surface area contributed by atoms with Crippen LogP contribution in [0.15, 0.2) is 0 Å². The number of halogens is 1. The van der Waals surface area contributed by atoms with E-state index in [0.29, 0.717) is 0 Å². The third-order valence-corrected chi connectivity index (χ3v) is 4.44. The van der Waals surface area contributed by atoms with Gasteiger partial charge in [-0.1, -0.05) is 42.6 Å². The van der Waals surface area contributed by atoms with Crippen molar-refractivity contribution in [2.24, 2.45) is 11.8 Å². The Balaban J connectivity index is 2.33. The maximum atomic E-state index is 3.63. The Labute approximate surface area is 97.4 Å².